The molecule has 0 radical (unpaired) electrons. The third-order valence-electron chi connectivity index (χ3n) is 1.73. The van der Waals surface area contributed by atoms with Crippen LogP contribution in [0.1, 0.15) is 13.3 Å². The van der Waals surface area contributed by atoms with Gasteiger partial charge in [-0.2, -0.15) is 0 Å². The molecule has 0 spiro atoms. The number of rotatable bonds is 2. The van der Waals surface area contributed by atoms with Gasteiger partial charge in [-0.3, -0.25) is 0 Å². The molecule has 1 aliphatic heterocycles. The first-order chi connectivity index (χ1) is 4.97. The maximum absolute atomic E-state index is 10.8. The zero-order valence-corrected chi connectivity index (χ0v) is 7.61. The van der Waals surface area contributed by atoms with Crippen LogP contribution in [0, 0.1) is 0 Å². The molecule has 1 heterocycles. The van der Waals surface area contributed by atoms with Crippen LogP contribution in [0.2, 0.25) is 0 Å². The molecule has 0 amide bonds. The van der Waals surface area contributed by atoms with Gasteiger partial charge in [0.15, 0.2) is 0 Å². The lowest BCUT2D eigenvalue weighted by Crippen LogP contribution is -2.35. The molecule has 1 rings (SSSR count). The third kappa shape index (κ3) is 3.18. The van der Waals surface area contributed by atoms with Crippen LogP contribution in [0.4, 0.5) is 0 Å². The van der Waals surface area contributed by atoms with Gasteiger partial charge in [-0.15, -0.1) is 0 Å². The van der Waals surface area contributed by atoms with Crippen molar-refractivity contribution in [3.8, 4) is 0 Å². The van der Waals surface area contributed by atoms with E-state index in [1.807, 2.05) is 6.92 Å². The van der Waals surface area contributed by atoms with Crippen LogP contribution in [0.5, 0.6) is 0 Å². The van der Waals surface area contributed by atoms with Crippen molar-refractivity contribution in [2.24, 2.45) is 0 Å². The molecule has 0 aromatic carbocycles. The topological polar surface area (TPSA) is 58.2 Å². The molecule has 0 saturated carbocycles. The van der Waals surface area contributed by atoms with Gasteiger partial charge in [0, 0.05) is 18.6 Å². The maximum atomic E-state index is 10.8. The fourth-order valence-electron chi connectivity index (χ4n) is 1.33. The van der Waals surface area contributed by atoms with Crippen molar-refractivity contribution in [1.29, 1.82) is 0 Å². The Morgan fingerprint density at radius 3 is 2.55 bits per heavy atom. The number of nitrogens with one attached hydrogen (secondary N) is 2. The summed E-state index contributed by atoms with van der Waals surface area (Å²) in [7, 11) is -3.02. The highest BCUT2D eigenvalue weighted by atomic mass is 32.2. The molecule has 0 bridgehead atoms. The van der Waals surface area contributed by atoms with E-state index in [2.05, 4.69) is 10.0 Å². The van der Waals surface area contributed by atoms with Gasteiger partial charge >= 0.3 is 0 Å². The van der Waals surface area contributed by atoms with E-state index >= 15 is 0 Å². The lowest BCUT2D eigenvalue weighted by atomic mass is 10.2. The van der Waals surface area contributed by atoms with Gasteiger partial charge in [0.2, 0.25) is 10.0 Å². The first kappa shape index (κ1) is 8.96. The molecular formula is C6H14N2O2S. The summed E-state index contributed by atoms with van der Waals surface area (Å²) in [6.07, 6.45) is 2.07. The van der Waals surface area contributed by atoms with Crippen molar-refractivity contribution in [1.82, 2.24) is 10.0 Å². The highest BCUT2D eigenvalue weighted by molar-refractivity contribution is 7.88. The van der Waals surface area contributed by atoms with E-state index in [0.29, 0.717) is 6.04 Å². The summed E-state index contributed by atoms with van der Waals surface area (Å²) < 4.78 is 24.1. The molecule has 1 fully saturated rings. The molecule has 0 aromatic rings. The van der Waals surface area contributed by atoms with Gasteiger partial charge in [-0.25, -0.2) is 13.1 Å². The van der Waals surface area contributed by atoms with Crippen molar-refractivity contribution in [3.05, 3.63) is 0 Å². The Morgan fingerprint density at radius 2 is 2.18 bits per heavy atom. The monoisotopic (exact) mass is 178 g/mol. The predicted octanol–water partition coefficient (Wildman–Crippen LogP) is -0.714. The van der Waals surface area contributed by atoms with Crippen LogP contribution < -0.4 is 10.0 Å². The largest absolute Gasteiger partial charge is 0.313 e. The molecule has 66 valence electrons. The Hall–Kier alpha value is -0.130. The van der Waals surface area contributed by atoms with Crippen molar-refractivity contribution < 1.29 is 8.42 Å². The van der Waals surface area contributed by atoms with Crippen LogP contribution in [0.3, 0.4) is 0 Å². The number of hydrogen-bond donors (Lipinski definition) is 2. The minimum Gasteiger partial charge on any atom is -0.313 e. The van der Waals surface area contributed by atoms with Crippen LogP contribution >= 0.6 is 0 Å². The Labute approximate surface area is 67.4 Å². The SMILES string of the molecule is CC1CC(NS(C)(=O)=O)CN1. The second-order valence-electron chi connectivity index (χ2n) is 3.13. The average Bonchev–Trinajstić information content (AvgIpc) is 2.10. The van der Waals surface area contributed by atoms with E-state index < -0.39 is 10.0 Å². The van der Waals surface area contributed by atoms with E-state index in [1.54, 1.807) is 0 Å². The fourth-order valence-corrected chi connectivity index (χ4v) is 2.11. The molecule has 1 saturated heterocycles. The zero-order valence-electron chi connectivity index (χ0n) is 6.79. The molecule has 11 heavy (non-hydrogen) atoms. The van der Waals surface area contributed by atoms with E-state index in [9.17, 15) is 8.42 Å². The highest BCUT2D eigenvalue weighted by Crippen LogP contribution is 2.05. The summed E-state index contributed by atoms with van der Waals surface area (Å²) in [4.78, 5) is 0. The molecule has 2 unspecified atom stereocenters. The Bertz CT molecular complexity index is 225. The average molecular weight is 178 g/mol. The van der Waals surface area contributed by atoms with Gasteiger partial charge in [0.1, 0.15) is 0 Å². The standard InChI is InChI=1S/C6H14N2O2S/c1-5-3-6(4-7-5)8-11(2,9)10/h5-8H,3-4H2,1-2H3. The first-order valence-corrected chi connectivity index (χ1v) is 5.57. The molecule has 2 atom stereocenters. The van der Waals surface area contributed by atoms with Gasteiger partial charge in [0.25, 0.3) is 0 Å². The van der Waals surface area contributed by atoms with Crippen LogP contribution in [-0.2, 0) is 10.0 Å². The highest BCUT2D eigenvalue weighted by Gasteiger charge is 2.22. The Morgan fingerprint density at radius 1 is 1.55 bits per heavy atom. The number of sulfonamides is 1. The Kier molecular flexibility index (Phi) is 2.51. The summed E-state index contributed by atoms with van der Waals surface area (Å²) in [5, 5.41) is 3.17. The zero-order chi connectivity index (χ0) is 8.48. The van der Waals surface area contributed by atoms with Gasteiger partial charge in [-0.05, 0) is 13.3 Å². The van der Waals surface area contributed by atoms with Crippen molar-refractivity contribution in [2.75, 3.05) is 12.8 Å². The summed E-state index contributed by atoms with van der Waals surface area (Å²) in [5.74, 6) is 0. The summed E-state index contributed by atoms with van der Waals surface area (Å²) in [5.41, 5.74) is 0. The second-order valence-corrected chi connectivity index (χ2v) is 4.91. The fraction of sp³-hybridized carbons (Fsp3) is 1.00. The first-order valence-electron chi connectivity index (χ1n) is 3.68. The molecular weight excluding hydrogens is 164 g/mol. The molecule has 5 heteroatoms. The molecule has 2 N–H and O–H groups in total. The van der Waals surface area contributed by atoms with Crippen molar-refractivity contribution in [3.63, 3.8) is 0 Å². The summed E-state index contributed by atoms with van der Waals surface area (Å²) in [6.45, 7) is 2.79. The lowest BCUT2D eigenvalue weighted by molar-refractivity contribution is 0.563. The lowest BCUT2D eigenvalue weighted by Gasteiger charge is -2.07. The van der Waals surface area contributed by atoms with Crippen LogP contribution in [0.15, 0.2) is 0 Å². The second kappa shape index (κ2) is 3.08. The normalized spacial score (nSPS) is 32.5. The summed E-state index contributed by atoms with van der Waals surface area (Å²) in [6, 6.07) is 0.509. The van der Waals surface area contributed by atoms with E-state index in [4.69, 9.17) is 0 Å². The molecule has 0 aromatic heterocycles. The van der Waals surface area contributed by atoms with Crippen molar-refractivity contribution >= 4 is 10.0 Å². The molecule has 4 nitrogen and oxygen atoms in total. The van der Waals surface area contributed by atoms with E-state index in [0.717, 1.165) is 13.0 Å². The quantitative estimate of drug-likeness (QED) is 0.587. The van der Waals surface area contributed by atoms with E-state index in [1.165, 1.54) is 6.26 Å². The van der Waals surface area contributed by atoms with Gasteiger partial charge in [-0.1, -0.05) is 0 Å². The smallest absolute Gasteiger partial charge is 0.208 e. The van der Waals surface area contributed by atoms with Crippen molar-refractivity contribution in [2.45, 2.75) is 25.4 Å². The molecule has 0 aliphatic carbocycles. The maximum Gasteiger partial charge on any atom is 0.208 e. The minimum atomic E-state index is -3.02. The van der Waals surface area contributed by atoms with E-state index in [-0.39, 0.29) is 6.04 Å². The third-order valence-corrected chi connectivity index (χ3v) is 2.49. The molecule has 1 aliphatic rings. The number of hydrogen-bond acceptors (Lipinski definition) is 3. The van der Waals surface area contributed by atoms with Gasteiger partial charge in [0.05, 0.1) is 6.26 Å². The summed E-state index contributed by atoms with van der Waals surface area (Å²) >= 11 is 0. The van der Waals surface area contributed by atoms with Gasteiger partial charge < -0.3 is 5.32 Å². The van der Waals surface area contributed by atoms with Crippen LogP contribution in [0.25, 0.3) is 0 Å². The van der Waals surface area contributed by atoms with Crippen LogP contribution in [-0.4, -0.2) is 33.3 Å². The predicted molar refractivity (Wildman–Crippen MR) is 43.8 cm³/mol. The minimum absolute atomic E-state index is 0.0833. The Balaban J connectivity index is 2.41.